The van der Waals surface area contributed by atoms with Crippen LogP contribution in [0, 0.1) is 7.05 Å². The van der Waals surface area contributed by atoms with Crippen LogP contribution in [0.1, 0.15) is 0 Å². The molecule has 0 saturated carbocycles. The summed E-state index contributed by atoms with van der Waals surface area (Å²) in [6.45, 7) is 0.358. The average Bonchev–Trinajstić information content (AvgIpc) is 2.30. The SMILES string of the molecule is [CH2-][NH+]1C=NC2=C1NC=NC[C@H]2O. The van der Waals surface area contributed by atoms with Crippen LogP contribution in [0.15, 0.2) is 21.5 Å². The van der Waals surface area contributed by atoms with Crippen molar-refractivity contribution >= 4 is 12.7 Å². The minimum atomic E-state index is -0.609. The molecular weight excluding hydrogens is 156 g/mol. The number of nitrogens with one attached hydrogen (secondary N) is 2. The fourth-order valence-electron chi connectivity index (χ4n) is 1.21. The summed E-state index contributed by atoms with van der Waals surface area (Å²) in [6, 6.07) is 0. The number of aliphatic hydroxyl groups excluding tert-OH is 1. The summed E-state index contributed by atoms with van der Waals surface area (Å²) in [6.07, 6.45) is 2.59. The summed E-state index contributed by atoms with van der Waals surface area (Å²) in [5, 5.41) is 12.4. The second-order valence-corrected chi connectivity index (χ2v) is 2.70. The highest BCUT2D eigenvalue weighted by Crippen LogP contribution is 2.09. The van der Waals surface area contributed by atoms with Crippen molar-refractivity contribution in [2.45, 2.75) is 6.10 Å². The normalized spacial score (nSPS) is 33.2. The van der Waals surface area contributed by atoms with Crippen LogP contribution < -0.4 is 10.2 Å². The maximum atomic E-state index is 9.51. The molecule has 2 atom stereocenters. The van der Waals surface area contributed by atoms with E-state index in [4.69, 9.17) is 0 Å². The second-order valence-electron chi connectivity index (χ2n) is 2.70. The average molecular weight is 166 g/mol. The van der Waals surface area contributed by atoms with Gasteiger partial charge in [-0.15, -0.1) is 7.05 Å². The van der Waals surface area contributed by atoms with E-state index in [1.807, 2.05) is 0 Å². The van der Waals surface area contributed by atoms with E-state index in [0.29, 0.717) is 12.2 Å². The van der Waals surface area contributed by atoms with Crippen LogP contribution >= 0.6 is 0 Å². The molecule has 0 radical (unpaired) electrons. The zero-order chi connectivity index (χ0) is 8.55. The summed E-state index contributed by atoms with van der Waals surface area (Å²) >= 11 is 0. The van der Waals surface area contributed by atoms with E-state index in [0.717, 1.165) is 10.7 Å². The third-order valence-electron chi connectivity index (χ3n) is 1.83. The molecular formula is C7H10N4O. The van der Waals surface area contributed by atoms with Gasteiger partial charge in [-0.3, -0.25) is 4.99 Å². The first kappa shape index (κ1) is 7.45. The van der Waals surface area contributed by atoms with Crippen LogP contribution in [0.4, 0.5) is 0 Å². The van der Waals surface area contributed by atoms with Gasteiger partial charge in [0, 0.05) is 0 Å². The van der Waals surface area contributed by atoms with Crippen molar-refractivity contribution in [3.8, 4) is 0 Å². The molecule has 2 aliphatic heterocycles. The Morgan fingerprint density at radius 1 is 1.75 bits per heavy atom. The van der Waals surface area contributed by atoms with Crippen molar-refractivity contribution in [3.63, 3.8) is 0 Å². The highest BCUT2D eigenvalue weighted by molar-refractivity contribution is 5.61. The molecule has 0 aromatic heterocycles. The Kier molecular flexibility index (Phi) is 1.67. The molecule has 12 heavy (non-hydrogen) atoms. The number of quaternary nitrogens is 1. The Hall–Kier alpha value is -1.20. The zero-order valence-electron chi connectivity index (χ0n) is 6.49. The lowest BCUT2D eigenvalue weighted by Gasteiger charge is -2.12. The number of aliphatic imine (C=N–C) groups is 2. The van der Waals surface area contributed by atoms with Gasteiger partial charge in [-0.2, -0.15) is 4.99 Å². The van der Waals surface area contributed by atoms with E-state index < -0.39 is 6.10 Å². The van der Waals surface area contributed by atoms with E-state index in [2.05, 4.69) is 22.3 Å². The van der Waals surface area contributed by atoms with Gasteiger partial charge in [-0.05, 0) is 0 Å². The molecule has 0 aromatic carbocycles. The third kappa shape index (κ3) is 1.03. The van der Waals surface area contributed by atoms with Crippen LogP contribution in [0.5, 0.6) is 0 Å². The molecule has 0 amide bonds. The van der Waals surface area contributed by atoms with Gasteiger partial charge < -0.3 is 15.3 Å². The van der Waals surface area contributed by atoms with E-state index in [9.17, 15) is 5.11 Å². The largest absolute Gasteiger partial charge is 0.385 e. The molecule has 0 aliphatic carbocycles. The molecule has 1 unspecified atom stereocenters. The Labute approximate surface area is 70.1 Å². The van der Waals surface area contributed by atoms with Crippen LogP contribution in [-0.4, -0.2) is 30.4 Å². The van der Waals surface area contributed by atoms with Crippen LogP contribution in [0.3, 0.4) is 0 Å². The van der Waals surface area contributed by atoms with Gasteiger partial charge >= 0.3 is 0 Å². The number of rotatable bonds is 0. The fourth-order valence-corrected chi connectivity index (χ4v) is 1.21. The van der Waals surface area contributed by atoms with Gasteiger partial charge in [-0.1, -0.05) is 0 Å². The lowest BCUT2D eigenvalue weighted by atomic mass is 10.2. The van der Waals surface area contributed by atoms with Gasteiger partial charge in [-0.25, -0.2) is 0 Å². The van der Waals surface area contributed by atoms with E-state index in [1.165, 1.54) is 0 Å². The Morgan fingerprint density at radius 2 is 2.58 bits per heavy atom. The van der Waals surface area contributed by atoms with Gasteiger partial charge in [0.2, 0.25) is 5.82 Å². The summed E-state index contributed by atoms with van der Waals surface area (Å²) in [5.74, 6) is 0.781. The lowest BCUT2D eigenvalue weighted by Crippen LogP contribution is -3.04. The maximum Gasteiger partial charge on any atom is 0.209 e. The molecule has 0 aromatic rings. The van der Waals surface area contributed by atoms with Crippen molar-refractivity contribution in [2.24, 2.45) is 9.98 Å². The van der Waals surface area contributed by atoms with E-state index in [-0.39, 0.29) is 0 Å². The van der Waals surface area contributed by atoms with Crippen molar-refractivity contribution in [2.75, 3.05) is 6.54 Å². The number of nitrogens with zero attached hydrogens (tertiary/aromatic N) is 2. The lowest BCUT2D eigenvalue weighted by molar-refractivity contribution is -0.700. The molecule has 64 valence electrons. The van der Waals surface area contributed by atoms with Crippen molar-refractivity contribution in [3.05, 3.63) is 18.6 Å². The molecule has 0 spiro atoms. The van der Waals surface area contributed by atoms with E-state index in [1.54, 1.807) is 12.7 Å². The van der Waals surface area contributed by atoms with Gasteiger partial charge in [0.15, 0.2) is 12.0 Å². The molecule has 3 N–H and O–H groups in total. The summed E-state index contributed by atoms with van der Waals surface area (Å²) in [4.78, 5) is 8.76. The number of aliphatic hydroxyl groups is 1. The monoisotopic (exact) mass is 166 g/mol. The molecule has 5 nitrogen and oxygen atoms in total. The van der Waals surface area contributed by atoms with Gasteiger partial charge in [0.05, 0.1) is 12.9 Å². The van der Waals surface area contributed by atoms with Crippen molar-refractivity contribution < 1.29 is 10.0 Å². The highest BCUT2D eigenvalue weighted by Gasteiger charge is 2.25. The second kappa shape index (κ2) is 2.69. The topological polar surface area (TPSA) is 61.4 Å². The first-order valence-corrected chi connectivity index (χ1v) is 3.69. The minimum absolute atomic E-state index is 0.358. The van der Waals surface area contributed by atoms with Crippen LogP contribution in [-0.2, 0) is 0 Å². The van der Waals surface area contributed by atoms with Crippen molar-refractivity contribution in [1.82, 2.24) is 5.32 Å². The molecule has 0 saturated heterocycles. The number of hydrogen-bond acceptors (Lipinski definition) is 4. The van der Waals surface area contributed by atoms with Crippen LogP contribution in [0.25, 0.3) is 0 Å². The van der Waals surface area contributed by atoms with Crippen molar-refractivity contribution in [1.29, 1.82) is 0 Å². The first-order valence-electron chi connectivity index (χ1n) is 3.69. The van der Waals surface area contributed by atoms with Crippen LogP contribution in [0.2, 0.25) is 0 Å². The third-order valence-corrected chi connectivity index (χ3v) is 1.83. The predicted molar refractivity (Wildman–Crippen MR) is 44.3 cm³/mol. The first-order chi connectivity index (χ1) is 5.79. The summed E-state index contributed by atoms with van der Waals surface area (Å²) in [5.41, 5.74) is 0.637. The van der Waals surface area contributed by atoms with Gasteiger partial charge in [0.1, 0.15) is 6.10 Å². The summed E-state index contributed by atoms with van der Waals surface area (Å²) in [7, 11) is 3.77. The Balaban J connectivity index is 2.34. The zero-order valence-corrected chi connectivity index (χ0v) is 6.49. The minimum Gasteiger partial charge on any atom is -0.385 e. The maximum absolute atomic E-state index is 9.51. The standard InChI is InChI=1S/C7H10N4O/c1-11-4-10-6-5(12)2-8-3-9-7(6)11/h3-5,11-12H,1-2H2,(H,8,9)/t5-/m1/s1. The molecule has 2 heterocycles. The highest BCUT2D eigenvalue weighted by atomic mass is 16.3. The van der Waals surface area contributed by atoms with E-state index >= 15 is 0 Å². The fraction of sp³-hybridized carbons (Fsp3) is 0.286. The number of hydrogen-bond donors (Lipinski definition) is 3. The Morgan fingerprint density at radius 3 is 3.42 bits per heavy atom. The van der Waals surface area contributed by atoms with Gasteiger partial charge in [0.25, 0.3) is 0 Å². The smallest absolute Gasteiger partial charge is 0.209 e. The molecule has 0 fully saturated rings. The molecule has 0 bridgehead atoms. The molecule has 2 aliphatic rings. The predicted octanol–water partition coefficient (Wildman–Crippen LogP) is -2.13. The summed E-state index contributed by atoms with van der Waals surface area (Å²) < 4.78 is 0. The quantitative estimate of drug-likeness (QED) is 0.360. The Bertz CT molecular complexity index is 281. The molecule has 5 heteroatoms. The molecule has 2 rings (SSSR count).